The van der Waals surface area contributed by atoms with Gasteiger partial charge >= 0.3 is 5.97 Å². The monoisotopic (exact) mass is 413 g/mol. The summed E-state index contributed by atoms with van der Waals surface area (Å²) >= 11 is 11.6. The number of aromatic nitrogens is 1. The van der Waals surface area contributed by atoms with Gasteiger partial charge < -0.3 is 10.1 Å². The Morgan fingerprint density at radius 2 is 1.81 bits per heavy atom. The predicted molar refractivity (Wildman–Crippen MR) is 96.0 cm³/mol. The lowest BCUT2D eigenvalue weighted by atomic mass is 9.81. The Labute approximate surface area is 165 Å². The number of nitrogens with zero attached hydrogens (tertiary/aromatic N) is 2. The standard InChI is InChI=1S/C17H17Cl2N3O5/c18-9-5-12(19)15(20-6-9)21-13(23)8-27-14(24)7-22-16(25)10-3-1-2-4-11(10)17(22)26/h5-6,10-11H,1-4,7-8H2,(H,20,21,23)/t10-,11-/m0/s1. The molecule has 3 rings (SSSR count). The number of esters is 1. The highest BCUT2D eigenvalue weighted by atomic mass is 35.5. The Bertz CT molecular complexity index is 777. The molecule has 2 aliphatic rings. The number of anilines is 1. The van der Waals surface area contributed by atoms with Gasteiger partial charge in [-0.2, -0.15) is 0 Å². The number of rotatable bonds is 5. The van der Waals surface area contributed by atoms with Crippen LogP contribution in [0.2, 0.25) is 10.0 Å². The second kappa shape index (κ2) is 8.22. The Balaban J connectivity index is 1.50. The van der Waals surface area contributed by atoms with Crippen molar-refractivity contribution >= 4 is 52.7 Å². The van der Waals surface area contributed by atoms with Crippen molar-refractivity contribution in [1.29, 1.82) is 0 Å². The first-order chi connectivity index (χ1) is 12.9. The zero-order valence-electron chi connectivity index (χ0n) is 14.2. The number of ether oxygens (including phenoxy) is 1. The number of fused-ring (bicyclic) bond motifs is 1. The molecule has 1 saturated heterocycles. The number of carbonyl (C=O) groups excluding carboxylic acids is 4. The molecule has 1 aromatic heterocycles. The second-order valence-corrected chi connectivity index (χ2v) is 7.30. The first kappa shape index (κ1) is 19.6. The van der Waals surface area contributed by atoms with E-state index in [4.69, 9.17) is 27.9 Å². The highest BCUT2D eigenvalue weighted by molar-refractivity contribution is 6.36. The van der Waals surface area contributed by atoms with Crippen molar-refractivity contribution < 1.29 is 23.9 Å². The zero-order chi connectivity index (χ0) is 19.6. The van der Waals surface area contributed by atoms with E-state index in [-0.39, 0.29) is 34.5 Å². The number of amides is 3. The van der Waals surface area contributed by atoms with Crippen molar-refractivity contribution in [1.82, 2.24) is 9.88 Å². The second-order valence-electron chi connectivity index (χ2n) is 6.45. The molecule has 0 aromatic carbocycles. The zero-order valence-corrected chi connectivity index (χ0v) is 15.8. The van der Waals surface area contributed by atoms with E-state index in [1.54, 1.807) is 0 Å². The average Bonchev–Trinajstić information content (AvgIpc) is 2.88. The van der Waals surface area contributed by atoms with E-state index in [0.717, 1.165) is 17.7 Å². The maximum absolute atomic E-state index is 12.3. The maximum atomic E-state index is 12.3. The smallest absolute Gasteiger partial charge is 0.326 e. The van der Waals surface area contributed by atoms with Gasteiger partial charge in [0.1, 0.15) is 6.54 Å². The van der Waals surface area contributed by atoms with Crippen LogP contribution in [0.4, 0.5) is 5.82 Å². The fourth-order valence-corrected chi connectivity index (χ4v) is 3.81. The summed E-state index contributed by atoms with van der Waals surface area (Å²) in [4.78, 5) is 53.2. The lowest BCUT2D eigenvalue weighted by Crippen LogP contribution is -2.37. The SMILES string of the molecule is O=C(COC(=O)CN1C(=O)[C@H]2CCCC[C@@H]2C1=O)Nc1ncc(Cl)cc1Cl. The van der Waals surface area contributed by atoms with Crippen molar-refractivity contribution in [2.45, 2.75) is 25.7 Å². The molecule has 1 aliphatic heterocycles. The minimum atomic E-state index is -0.833. The number of carbonyl (C=O) groups is 4. The van der Waals surface area contributed by atoms with E-state index in [2.05, 4.69) is 10.3 Å². The summed E-state index contributed by atoms with van der Waals surface area (Å²) in [5.74, 6) is -2.74. The van der Waals surface area contributed by atoms with Crippen LogP contribution in [0.15, 0.2) is 12.3 Å². The molecule has 0 bridgehead atoms. The highest BCUT2D eigenvalue weighted by Crippen LogP contribution is 2.37. The Morgan fingerprint density at radius 3 is 2.41 bits per heavy atom. The van der Waals surface area contributed by atoms with E-state index in [1.165, 1.54) is 12.3 Å². The van der Waals surface area contributed by atoms with Gasteiger partial charge in [0.05, 0.1) is 21.9 Å². The fraction of sp³-hybridized carbons (Fsp3) is 0.471. The van der Waals surface area contributed by atoms with E-state index in [0.29, 0.717) is 17.9 Å². The third-order valence-electron chi connectivity index (χ3n) is 4.65. The number of hydrogen-bond acceptors (Lipinski definition) is 6. The van der Waals surface area contributed by atoms with Crippen LogP contribution in [-0.4, -0.2) is 46.7 Å². The van der Waals surface area contributed by atoms with Crippen molar-refractivity contribution in [3.05, 3.63) is 22.3 Å². The van der Waals surface area contributed by atoms with Gasteiger partial charge in [-0.25, -0.2) is 4.98 Å². The molecule has 8 nitrogen and oxygen atoms in total. The third-order valence-corrected chi connectivity index (χ3v) is 5.14. The average molecular weight is 414 g/mol. The van der Waals surface area contributed by atoms with E-state index in [1.807, 2.05) is 0 Å². The summed E-state index contributed by atoms with van der Waals surface area (Å²) in [7, 11) is 0. The molecule has 27 heavy (non-hydrogen) atoms. The minimum Gasteiger partial charge on any atom is -0.454 e. The molecule has 1 aliphatic carbocycles. The molecule has 2 atom stereocenters. The summed E-state index contributed by atoms with van der Waals surface area (Å²) in [6.45, 7) is -1.08. The van der Waals surface area contributed by atoms with Crippen LogP contribution < -0.4 is 5.32 Å². The Kier molecular flexibility index (Phi) is 5.96. The number of nitrogens with one attached hydrogen (secondary N) is 1. The molecule has 10 heteroatoms. The Morgan fingerprint density at radius 1 is 1.19 bits per heavy atom. The van der Waals surface area contributed by atoms with Crippen molar-refractivity contribution in [2.75, 3.05) is 18.5 Å². The van der Waals surface area contributed by atoms with Crippen molar-refractivity contribution in [3.63, 3.8) is 0 Å². The third kappa shape index (κ3) is 4.39. The molecule has 1 aromatic rings. The first-order valence-electron chi connectivity index (χ1n) is 8.48. The quantitative estimate of drug-likeness (QED) is 0.584. The maximum Gasteiger partial charge on any atom is 0.326 e. The molecular weight excluding hydrogens is 397 g/mol. The summed E-state index contributed by atoms with van der Waals surface area (Å²) in [5.41, 5.74) is 0. The number of imide groups is 1. The predicted octanol–water partition coefficient (Wildman–Crippen LogP) is 2.05. The van der Waals surface area contributed by atoms with Crippen LogP contribution in [0, 0.1) is 11.8 Å². The van der Waals surface area contributed by atoms with E-state index >= 15 is 0 Å². The number of likely N-dealkylation sites (tertiary alicyclic amines) is 1. The Hall–Kier alpha value is -2.19. The van der Waals surface area contributed by atoms with Gasteiger partial charge in [-0.3, -0.25) is 24.1 Å². The molecular formula is C17H17Cl2N3O5. The van der Waals surface area contributed by atoms with Crippen molar-refractivity contribution in [2.24, 2.45) is 11.8 Å². The highest BCUT2D eigenvalue weighted by Gasteiger charge is 2.48. The number of hydrogen-bond donors (Lipinski definition) is 1. The molecule has 144 valence electrons. The molecule has 1 N–H and O–H groups in total. The van der Waals surface area contributed by atoms with Gasteiger partial charge in [0.15, 0.2) is 12.4 Å². The van der Waals surface area contributed by atoms with Gasteiger partial charge in [-0.1, -0.05) is 36.0 Å². The normalized spacial score (nSPS) is 21.8. The van der Waals surface area contributed by atoms with Crippen LogP contribution in [0.1, 0.15) is 25.7 Å². The van der Waals surface area contributed by atoms with E-state index in [9.17, 15) is 19.2 Å². The van der Waals surface area contributed by atoms with Crippen molar-refractivity contribution in [3.8, 4) is 0 Å². The molecule has 2 heterocycles. The topological polar surface area (TPSA) is 106 Å². The molecule has 1 saturated carbocycles. The van der Waals surface area contributed by atoms with Gasteiger partial charge in [-0.05, 0) is 18.9 Å². The molecule has 0 radical (unpaired) electrons. The fourth-order valence-electron chi connectivity index (χ4n) is 3.38. The summed E-state index contributed by atoms with van der Waals surface area (Å²) < 4.78 is 4.86. The van der Waals surface area contributed by atoms with Crippen LogP contribution in [0.25, 0.3) is 0 Å². The molecule has 0 unspecified atom stereocenters. The van der Waals surface area contributed by atoms with Crippen LogP contribution >= 0.6 is 23.2 Å². The molecule has 2 fully saturated rings. The van der Waals surface area contributed by atoms with Gasteiger partial charge in [0.2, 0.25) is 11.8 Å². The number of halogens is 2. The van der Waals surface area contributed by atoms with Crippen LogP contribution in [0.3, 0.4) is 0 Å². The van der Waals surface area contributed by atoms with Crippen LogP contribution in [0.5, 0.6) is 0 Å². The summed E-state index contributed by atoms with van der Waals surface area (Å²) in [6.07, 6.45) is 4.44. The van der Waals surface area contributed by atoms with Crippen LogP contribution in [-0.2, 0) is 23.9 Å². The van der Waals surface area contributed by atoms with Gasteiger partial charge in [0.25, 0.3) is 5.91 Å². The number of pyridine rings is 1. The molecule has 0 spiro atoms. The van der Waals surface area contributed by atoms with Gasteiger partial charge in [0, 0.05) is 6.20 Å². The lowest BCUT2D eigenvalue weighted by molar-refractivity contribution is -0.154. The van der Waals surface area contributed by atoms with E-state index < -0.39 is 25.0 Å². The lowest BCUT2D eigenvalue weighted by Gasteiger charge is -2.19. The largest absolute Gasteiger partial charge is 0.454 e. The summed E-state index contributed by atoms with van der Waals surface area (Å²) in [5, 5.41) is 2.83. The molecule has 3 amide bonds. The summed E-state index contributed by atoms with van der Waals surface area (Å²) in [6, 6.07) is 1.40. The van der Waals surface area contributed by atoms with Gasteiger partial charge in [-0.15, -0.1) is 0 Å². The minimum absolute atomic E-state index is 0.0797. The first-order valence-corrected chi connectivity index (χ1v) is 9.24.